The molecule has 0 aliphatic carbocycles. The molecular weight excluding hydrogens is 300 g/mol. The number of carbonyl (C=O) groups is 1. The van der Waals surface area contributed by atoms with Crippen molar-refractivity contribution >= 4 is 5.97 Å². The summed E-state index contributed by atoms with van der Waals surface area (Å²) >= 11 is 0. The van der Waals surface area contributed by atoms with E-state index in [-0.39, 0.29) is 6.07 Å². The standard InChI is InChI=1S/C9H5F6NO4/c1-19-3-2-4(20-9(13,14)15)16-6(7(17)18)5(3)8(10,11)12/h2H,1H3,(H,17,18). The second-order valence-corrected chi connectivity index (χ2v) is 3.24. The Bertz CT molecular complexity index is 524. The fourth-order valence-electron chi connectivity index (χ4n) is 1.26. The molecule has 1 N–H and O–H groups in total. The van der Waals surface area contributed by atoms with Crippen molar-refractivity contribution in [2.45, 2.75) is 12.5 Å². The van der Waals surface area contributed by atoms with Gasteiger partial charge in [-0.1, -0.05) is 0 Å². The summed E-state index contributed by atoms with van der Waals surface area (Å²) in [5, 5.41) is 8.62. The molecule has 1 aromatic heterocycles. The van der Waals surface area contributed by atoms with Crippen molar-refractivity contribution in [3.63, 3.8) is 0 Å². The Morgan fingerprint density at radius 3 is 2.15 bits per heavy atom. The van der Waals surface area contributed by atoms with E-state index in [1.807, 2.05) is 0 Å². The van der Waals surface area contributed by atoms with E-state index in [0.29, 0.717) is 0 Å². The number of carboxylic acids is 1. The molecule has 0 radical (unpaired) electrons. The highest BCUT2D eigenvalue weighted by molar-refractivity contribution is 5.88. The molecule has 112 valence electrons. The minimum absolute atomic E-state index is 0.197. The first-order valence-electron chi connectivity index (χ1n) is 4.61. The number of ether oxygens (including phenoxy) is 2. The lowest BCUT2D eigenvalue weighted by molar-refractivity contribution is -0.276. The maximum absolute atomic E-state index is 12.7. The number of methoxy groups -OCH3 is 1. The molecule has 1 heterocycles. The third kappa shape index (κ3) is 3.65. The van der Waals surface area contributed by atoms with Crippen LogP contribution in [0.4, 0.5) is 26.3 Å². The van der Waals surface area contributed by atoms with Gasteiger partial charge < -0.3 is 14.6 Å². The molecule has 1 rings (SSSR count). The lowest BCUT2D eigenvalue weighted by Crippen LogP contribution is -2.21. The van der Waals surface area contributed by atoms with Crippen LogP contribution in [-0.2, 0) is 6.18 Å². The summed E-state index contributed by atoms with van der Waals surface area (Å²) in [5.41, 5.74) is -3.46. The summed E-state index contributed by atoms with van der Waals surface area (Å²) in [5.74, 6) is -4.70. The first-order chi connectivity index (χ1) is 8.95. The summed E-state index contributed by atoms with van der Waals surface area (Å²) in [6, 6.07) is 0.197. The second kappa shape index (κ2) is 5.06. The Kier molecular flexibility index (Phi) is 4.01. The van der Waals surface area contributed by atoms with Crippen molar-refractivity contribution in [1.82, 2.24) is 4.98 Å². The number of alkyl halides is 6. The van der Waals surface area contributed by atoms with Crippen LogP contribution in [0.15, 0.2) is 6.07 Å². The summed E-state index contributed by atoms with van der Waals surface area (Å²) in [6.07, 6.45) is -10.4. The van der Waals surface area contributed by atoms with E-state index in [1.165, 1.54) is 0 Å². The molecule has 0 aliphatic rings. The van der Waals surface area contributed by atoms with Crippen molar-refractivity contribution in [1.29, 1.82) is 0 Å². The predicted molar refractivity (Wildman–Crippen MR) is 49.4 cm³/mol. The molecule has 0 aromatic carbocycles. The van der Waals surface area contributed by atoms with Crippen molar-refractivity contribution in [3.8, 4) is 11.6 Å². The van der Waals surface area contributed by atoms with Crippen LogP contribution < -0.4 is 9.47 Å². The first-order valence-corrected chi connectivity index (χ1v) is 4.61. The predicted octanol–water partition coefficient (Wildman–Crippen LogP) is 2.71. The molecule has 0 spiro atoms. The molecule has 20 heavy (non-hydrogen) atoms. The van der Waals surface area contributed by atoms with E-state index < -0.39 is 41.4 Å². The van der Waals surface area contributed by atoms with Crippen LogP contribution in [0.25, 0.3) is 0 Å². The van der Waals surface area contributed by atoms with Crippen molar-refractivity contribution < 1.29 is 45.7 Å². The van der Waals surface area contributed by atoms with E-state index in [4.69, 9.17) is 5.11 Å². The summed E-state index contributed by atoms with van der Waals surface area (Å²) in [6.45, 7) is 0. The molecule has 5 nitrogen and oxygen atoms in total. The van der Waals surface area contributed by atoms with Crippen molar-refractivity contribution in [3.05, 3.63) is 17.3 Å². The molecule has 11 heteroatoms. The highest BCUT2D eigenvalue weighted by atomic mass is 19.4. The molecule has 0 fully saturated rings. The number of aromatic nitrogens is 1. The Morgan fingerprint density at radius 2 is 1.80 bits per heavy atom. The lowest BCUT2D eigenvalue weighted by atomic mass is 10.1. The average Bonchev–Trinajstić information content (AvgIpc) is 2.23. The zero-order valence-corrected chi connectivity index (χ0v) is 9.46. The van der Waals surface area contributed by atoms with E-state index in [0.717, 1.165) is 7.11 Å². The van der Waals surface area contributed by atoms with Gasteiger partial charge in [-0.05, 0) is 0 Å². The van der Waals surface area contributed by atoms with Gasteiger partial charge in [0.15, 0.2) is 5.69 Å². The third-order valence-electron chi connectivity index (χ3n) is 1.89. The first kappa shape index (κ1) is 15.9. The summed E-state index contributed by atoms with van der Waals surface area (Å²) in [7, 11) is 0.730. The van der Waals surface area contributed by atoms with Gasteiger partial charge in [-0.2, -0.15) is 13.2 Å². The number of aromatic carboxylic acids is 1. The van der Waals surface area contributed by atoms with Crippen LogP contribution in [-0.4, -0.2) is 29.5 Å². The van der Waals surface area contributed by atoms with E-state index >= 15 is 0 Å². The van der Waals surface area contributed by atoms with Crippen LogP contribution in [0.1, 0.15) is 16.1 Å². The summed E-state index contributed by atoms with van der Waals surface area (Å²) < 4.78 is 81.5. The number of carboxylic acid groups (broad SMARTS) is 1. The molecule has 1 aromatic rings. The SMILES string of the molecule is COc1cc(OC(F)(F)F)nc(C(=O)O)c1C(F)(F)F. The molecule has 0 bridgehead atoms. The fraction of sp³-hybridized carbons (Fsp3) is 0.333. The molecule has 0 aliphatic heterocycles. The van der Waals surface area contributed by atoms with Crippen LogP contribution >= 0.6 is 0 Å². The second-order valence-electron chi connectivity index (χ2n) is 3.24. The van der Waals surface area contributed by atoms with Crippen LogP contribution in [0.5, 0.6) is 11.6 Å². The number of hydrogen-bond donors (Lipinski definition) is 1. The van der Waals surface area contributed by atoms with Gasteiger partial charge >= 0.3 is 18.5 Å². The zero-order chi connectivity index (χ0) is 15.7. The van der Waals surface area contributed by atoms with Gasteiger partial charge in [0, 0.05) is 6.07 Å². The Labute approximate surface area is 106 Å². The Hall–Kier alpha value is -2.20. The lowest BCUT2D eigenvalue weighted by Gasteiger charge is -2.16. The number of hydrogen-bond acceptors (Lipinski definition) is 4. The van der Waals surface area contributed by atoms with Crippen molar-refractivity contribution in [2.24, 2.45) is 0 Å². The van der Waals surface area contributed by atoms with E-state index in [9.17, 15) is 31.1 Å². The third-order valence-corrected chi connectivity index (χ3v) is 1.89. The molecule has 0 atom stereocenters. The zero-order valence-electron chi connectivity index (χ0n) is 9.46. The van der Waals surface area contributed by atoms with Gasteiger partial charge in [0.25, 0.3) is 0 Å². The van der Waals surface area contributed by atoms with E-state index in [1.54, 1.807) is 0 Å². The average molecular weight is 305 g/mol. The molecule has 0 saturated carbocycles. The highest BCUT2D eigenvalue weighted by Gasteiger charge is 2.42. The van der Waals surface area contributed by atoms with Crippen LogP contribution in [0.3, 0.4) is 0 Å². The van der Waals surface area contributed by atoms with Gasteiger partial charge in [-0.3, -0.25) is 0 Å². The van der Waals surface area contributed by atoms with Gasteiger partial charge in [0.2, 0.25) is 5.88 Å². The maximum atomic E-state index is 12.7. The van der Waals surface area contributed by atoms with Crippen LogP contribution in [0, 0.1) is 0 Å². The van der Waals surface area contributed by atoms with E-state index in [2.05, 4.69) is 14.5 Å². The topological polar surface area (TPSA) is 68.7 Å². The molecule has 0 amide bonds. The largest absolute Gasteiger partial charge is 0.574 e. The van der Waals surface area contributed by atoms with Gasteiger partial charge in [0.1, 0.15) is 11.3 Å². The minimum Gasteiger partial charge on any atom is -0.496 e. The van der Waals surface area contributed by atoms with Crippen LogP contribution in [0.2, 0.25) is 0 Å². The monoisotopic (exact) mass is 305 g/mol. The number of rotatable bonds is 3. The highest BCUT2D eigenvalue weighted by Crippen LogP contribution is 2.40. The molecule has 0 unspecified atom stereocenters. The Balaban J connectivity index is 3.51. The molecule has 0 saturated heterocycles. The van der Waals surface area contributed by atoms with Gasteiger partial charge in [-0.15, -0.1) is 13.2 Å². The van der Waals surface area contributed by atoms with Gasteiger partial charge in [-0.25, -0.2) is 9.78 Å². The normalized spacial score (nSPS) is 12.2. The smallest absolute Gasteiger partial charge is 0.496 e. The maximum Gasteiger partial charge on any atom is 0.574 e. The quantitative estimate of drug-likeness (QED) is 0.870. The van der Waals surface area contributed by atoms with Gasteiger partial charge in [0.05, 0.1) is 7.11 Å². The number of pyridine rings is 1. The Morgan fingerprint density at radius 1 is 1.25 bits per heavy atom. The molecular formula is C9H5F6NO4. The number of halogens is 6. The number of nitrogens with zero attached hydrogens (tertiary/aromatic N) is 1. The minimum atomic E-state index is -5.24. The fourth-order valence-corrected chi connectivity index (χ4v) is 1.26. The summed E-state index contributed by atoms with van der Waals surface area (Å²) in [4.78, 5) is 13.4. The van der Waals surface area contributed by atoms with Crippen molar-refractivity contribution in [2.75, 3.05) is 7.11 Å².